The van der Waals surface area contributed by atoms with E-state index in [2.05, 4.69) is 5.32 Å². The second-order valence-corrected chi connectivity index (χ2v) is 4.68. The van der Waals surface area contributed by atoms with Crippen LogP contribution in [0.4, 0.5) is 0 Å². The summed E-state index contributed by atoms with van der Waals surface area (Å²) in [5.74, 6) is 0.296. The Morgan fingerprint density at radius 2 is 1.95 bits per heavy atom. The molecular formula is C17H17NO3. The lowest BCUT2D eigenvalue weighted by Gasteiger charge is -2.14. The summed E-state index contributed by atoms with van der Waals surface area (Å²) < 4.78 is 5.38. The minimum atomic E-state index is -0.206. The van der Waals surface area contributed by atoms with Gasteiger partial charge in [-0.25, -0.2) is 0 Å². The van der Waals surface area contributed by atoms with Gasteiger partial charge in [-0.1, -0.05) is 42.5 Å². The van der Waals surface area contributed by atoms with Gasteiger partial charge in [0.2, 0.25) is 0 Å². The predicted molar refractivity (Wildman–Crippen MR) is 80.3 cm³/mol. The molecule has 0 saturated heterocycles. The van der Waals surface area contributed by atoms with Gasteiger partial charge in [0.05, 0.1) is 6.04 Å². The molecule has 0 aliphatic rings. The van der Waals surface area contributed by atoms with Gasteiger partial charge in [-0.2, -0.15) is 0 Å². The first-order valence-electron chi connectivity index (χ1n) is 6.71. The number of benzene rings is 2. The third-order valence-corrected chi connectivity index (χ3v) is 3.04. The molecule has 0 radical (unpaired) electrons. The average molecular weight is 283 g/mol. The summed E-state index contributed by atoms with van der Waals surface area (Å²) in [5.41, 5.74) is 1.55. The topological polar surface area (TPSA) is 55.4 Å². The molecule has 108 valence electrons. The fourth-order valence-corrected chi connectivity index (χ4v) is 1.93. The van der Waals surface area contributed by atoms with Crippen molar-refractivity contribution in [3.63, 3.8) is 0 Å². The van der Waals surface area contributed by atoms with Gasteiger partial charge in [0.15, 0.2) is 6.61 Å². The number of hydrogen-bond donors (Lipinski definition) is 1. The molecule has 0 fully saturated rings. The molecule has 0 spiro atoms. The Hall–Kier alpha value is -2.62. The molecule has 2 aromatic rings. The van der Waals surface area contributed by atoms with Gasteiger partial charge < -0.3 is 10.1 Å². The zero-order valence-electron chi connectivity index (χ0n) is 11.8. The van der Waals surface area contributed by atoms with Gasteiger partial charge in [-0.3, -0.25) is 9.59 Å². The minimum Gasteiger partial charge on any atom is -0.484 e. The Bertz CT molecular complexity index is 610. The first-order valence-corrected chi connectivity index (χ1v) is 6.71. The average Bonchev–Trinajstić information content (AvgIpc) is 2.54. The Kier molecular flexibility index (Phi) is 5.10. The van der Waals surface area contributed by atoms with E-state index in [9.17, 15) is 9.59 Å². The Labute approximate surface area is 123 Å². The van der Waals surface area contributed by atoms with Crippen molar-refractivity contribution >= 4 is 12.2 Å². The van der Waals surface area contributed by atoms with Crippen LogP contribution in [0.1, 0.15) is 28.9 Å². The maximum absolute atomic E-state index is 11.8. The fourth-order valence-electron chi connectivity index (χ4n) is 1.93. The normalized spacial score (nSPS) is 11.5. The lowest BCUT2D eigenvalue weighted by Crippen LogP contribution is -2.31. The molecule has 1 atom stereocenters. The van der Waals surface area contributed by atoms with Crippen molar-refractivity contribution < 1.29 is 14.3 Å². The smallest absolute Gasteiger partial charge is 0.258 e. The van der Waals surface area contributed by atoms with Crippen LogP contribution in [-0.2, 0) is 4.79 Å². The molecule has 1 N–H and O–H groups in total. The van der Waals surface area contributed by atoms with Crippen LogP contribution in [0.15, 0.2) is 54.6 Å². The Morgan fingerprint density at radius 1 is 1.19 bits per heavy atom. The number of nitrogens with one attached hydrogen (secondary N) is 1. The predicted octanol–water partition coefficient (Wildman–Crippen LogP) is 2.76. The number of carbonyl (C=O) groups is 2. The van der Waals surface area contributed by atoms with E-state index in [1.165, 1.54) is 0 Å². The van der Waals surface area contributed by atoms with Crippen molar-refractivity contribution in [1.82, 2.24) is 5.32 Å². The molecule has 0 aromatic heterocycles. The van der Waals surface area contributed by atoms with E-state index in [1.807, 2.05) is 37.3 Å². The molecule has 1 unspecified atom stereocenters. The molecule has 2 aromatic carbocycles. The summed E-state index contributed by atoms with van der Waals surface area (Å²) in [5, 5.41) is 2.86. The lowest BCUT2D eigenvalue weighted by molar-refractivity contribution is -0.123. The number of ether oxygens (including phenoxy) is 1. The second kappa shape index (κ2) is 7.24. The van der Waals surface area contributed by atoms with Crippen LogP contribution in [-0.4, -0.2) is 18.8 Å². The van der Waals surface area contributed by atoms with Crippen molar-refractivity contribution in [1.29, 1.82) is 0 Å². The highest BCUT2D eigenvalue weighted by Crippen LogP contribution is 2.13. The van der Waals surface area contributed by atoms with E-state index in [0.717, 1.165) is 11.8 Å². The second-order valence-electron chi connectivity index (χ2n) is 4.68. The molecule has 0 heterocycles. The third-order valence-electron chi connectivity index (χ3n) is 3.04. The number of carbonyl (C=O) groups excluding carboxylic acids is 2. The lowest BCUT2D eigenvalue weighted by atomic mass is 10.1. The van der Waals surface area contributed by atoms with Crippen LogP contribution in [0.25, 0.3) is 0 Å². The maximum Gasteiger partial charge on any atom is 0.258 e. The molecule has 0 saturated carbocycles. The van der Waals surface area contributed by atoms with Crippen molar-refractivity contribution in [2.75, 3.05) is 6.61 Å². The molecule has 0 aliphatic carbocycles. The number of amides is 1. The van der Waals surface area contributed by atoms with Gasteiger partial charge in [-0.15, -0.1) is 0 Å². The summed E-state index contributed by atoms with van der Waals surface area (Å²) in [6.45, 7) is 1.83. The van der Waals surface area contributed by atoms with Crippen molar-refractivity contribution in [2.24, 2.45) is 0 Å². The zero-order valence-corrected chi connectivity index (χ0v) is 11.8. The summed E-state index contributed by atoms with van der Waals surface area (Å²) in [6.07, 6.45) is 0.740. The van der Waals surface area contributed by atoms with Gasteiger partial charge in [0.25, 0.3) is 5.91 Å². The van der Waals surface area contributed by atoms with Crippen LogP contribution < -0.4 is 10.1 Å². The van der Waals surface area contributed by atoms with Crippen LogP contribution in [0.5, 0.6) is 5.75 Å². The molecule has 0 bridgehead atoms. The van der Waals surface area contributed by atoms with E-state index in [1.54, 1.807) is 24.3 Å². The highest BCUT2D eigenvalue weighted by molar-refractivity contribution is 5.78. The monoisotopic (exact) mass is 283 g/mol. The Morgan fingerprint density at radius 3 is 2.67 bits per heavy atom. The van der Waals surface area contributed by atoms with E-state index >= 15 is 0 Å². The van der Waals surface area contributed by atoms with Crippen LogP contribution in [0, 0.1) is 0 Å². The van der Waals surface area contributed by atoms with Gasteiger partial charge in [0.1, 0.15) is 12.0 Å². The van der Waals surface area contributed by atoms with Crippen molar-refractivity contribution in [2.45, 2.75) is 13.0 Å². The number of rotatable bonds is 6. The first kappa shape index (κ1) is 14.8. The highest BCUT2D eigenvalue weighted by atomic mass is 16.5. The number of aldehydes is 1. The molecule has 4 nitrogen and oxygen atoms in total. The molecule has 2 rings (SSSR count). The van der Waals surface area contributed by atoms with Gasteiger partial charge >= 0.3 is 0 Å². The summed E-state index contributed by atoms with van der Waals surface area (Å²) in [7, 11) is 0. The molecule has 0 aliphatic heterocycles. The van der Waals surface area contributed by atoms with E-state index in [-0.39, 0.29) is 18.6 Å². The van der Waals surface area contributed by atoms with Gasteiger partial charge in [0, 0.05) is 5.56 Å². The zero-order chi connectivity index (χ0) is 15.1. The summed E-state index contributed by atoms with van der Waals surface area (Å²) in [4.78, 5) is 22.5. The first-order chi connectivity index (χ1) is 10.2. The van der Waals surface area contributed by atoms with Crippen LogP contribution in [0.2, 0.25) is 0 Å². The quantitative estimate of drug-likeness (QED) is 0.829. The van der Waals surface area contributed by atoms with Crippen LogP contribution >= 0.6 is 0 Å². The SMILES string of the molecule is CC(NC(=O)COc1cccc(C=O)c1)c1ccccc1. The third kappa shape index (κ3) is 4.45. The molecule has 21 heavy (non-hydrogen) atoms. The van der Waals surface area contributed by atoms with E-state index in [4.69, 9.17) is 4.74 Å². The van der Waals surface area contributed by atoms with E-state index < -0.39 is 0 Å². The van der Waals surface area contributed by atoms with Crippen LogP contribution in [0.3, 0.4) is 0 Å². The summed E-state index contributed by atoms with van der Waals surface area (Å²) in [6, 6.07) is 16.3. The van der Waals surface area contributed by atoms with E-state index in [0.29, 0.717) is 11.3 Å². The molecular weight excluding hydrogens is 266 g/mol. The highest BCUT2D eigenvalue weighted by Gasteiger charge is 2.09. The van der Waals surface area contributed by atoms with Crippen molar-refractivity contribution in [3.05, 3.63) is 65.7 Å². The largest absolute Gasteiger partial charge is 0.484 e. The maximum atomic E-state index is 11.8. The minimum absolute atomic E-state index is 0.0800. The van der Waals surface area contributed by atoms with Crippen molar-refractivity contribution in [3.8, 4) is 5.75 Å². The molecule has 1 amide bonds. The van der Waals surface area contributed by atoms with Gasteiger partial charge in [-0.05, 0) is 24.6 Å². The number of hydrogen-bond acceptors (Lipinski definition) is 3. The molecule has 4 heteroatoms. The summed E-state index contributed by atoms with van der Waals surface area (Å²) >= 11 is 0. The Balaban J connectivity index is 1.86. The standard InChI is InChI=1S/C17H17NO3/c1-13(15-7-3-2-4-8-15)18-17(20)12-21-16-9-5-6-14(10-16)11-19/h2-11,13H,12H2,1H3,(H,18,20). The fraction of sp³-hybridized carbons (Fsp3) is 0.176.